The number of carbonyl (C=O) groups is 1. The molecule has 4 nitrogen and oxygen atoms in total. The molecule has 0 fully saturated rings. The molecule has 112 valence electrons. The number of hydrogen-bond acceptors (Lipinski definition) is 4. The lowest BCUT2D eigenvalue weighted by Gasteiger charge is -2.15. The van der Waals surface area contributed by atoms with E-state index in [1.165, 1.54) is 0 Å². The molecule has 0 heterocycles. The van der Waals surface area contributed by atoms with Crippen LogP contribution in [-0.2, 0) is 4.74 Å². The number of nitrogen functional groups attached to an aromatic ring is 1. The van der Waals surface area contributed by atoms with Gasteiger partial charge in [-0.15, -0.1) is 0 Å². The maximum Gasteiger partial charge on any atom is 0.422 e. The molecular weight excluding hydrogens is 322 g/mol. The van der Waals surface area contributed by atoms with Crippen molar-refractivity contribution in [2.75, 3.05) is 18.9 Å². The molecule has 1 rings (SSSR count). The van der Waals surface area contributed by atoms with Crippen molar-refractivity contribution in [1.29, 1.82) is 0 Å². The summed E-state index contributed by atoms with van der Waals surface area (Å²) >= 11 is 11.5. The summed E-state index contributed by atoms with van der Waals surface area (Å²) in [7, 11) is 0. The third-order valence-corrected chi connectivity index (χ3v) is 2.71. The Kier molecular flexibility index (Phi) is 5.35. The fraction of sp³-hybridized carbons (Fsp3) is 0.364. The summed E-state index contributed by atoms with van der Waals surface area (Å²) in [5.41, 5.74) is 5.16. The first kappa shape index (κ1) is 16.7. The van der Waals surface area contributed by atoms with Gasteiger partial charge in [-0.3, -0.25) is 0 Å². The molecule has 0 bridgehead atoms. The number of benzene rings is 1. The number of alkyl halides is 3. The number of carbonyl (C=O) groups excluding carboxylic acids is 1. The molecule has 0 unspecified atom stereocenters. The Balaban J connectivity index is 3.19. The molecule has 2 N–H and O–H groups in total. The molecule has 1 aromatic carbocycles. The van der Waals surface area contributed by atoms with Gasteiger partial charge < -0.3 is 15.2 Å². The SMILES string of the molecule is CCOC(=O)c1c(N)cc(Cl)c(OCC(F)(F)F)c1Cl. The van der Waals surface area contributed by atoms with Crippen molar-refractivity contribution in [2.24, 2.45) is 0 Å². The summed E-state index contributed by atoms with van der Waals surface area (Å²) in [6.07, 6.45) is -4.57. The van der Waals surface area contributed by atoms with Gasteiger partial charge in [-0.25, -0.2) is 4.79 Å². The zero-order chi connectivity index (χ0) is 15.5. The van der Waals surface area contributed by atoms with Crippen LogP contribution in [0, 0.1) is 0 Å². The van der Waals surface area contributed by atoms with E-state index in [1.807, 2.05) is 0 Å². The summed E-state index contributed by atoms with van der Waals surface area (Å²) in [5, 5.41) is -0.650. The van der Waals surface area contributed by atoms with Crippen LogP contribution >= 0.6 is 23.2 Å². The van der Waals surface area contributed by atoms with Crippen molar-refractivity contribution in [3.8, 4) is 5.75 Å². The Morgan fingerprint density at radius 1 is 1.40 bits per heavy atom. The molecule has 0 aliphatic heterocycles. The van der Waals surface area contributed by atoms with Crippen molar-refractivity contribution in [1.82, 2.24) is 0 Å². The lowest BCUT2D eigenvalue weighted by atomic mass is 10.1. The van der Waals surface area contributed by atoms with Gasteiger partial charge in [-0.05, 0) is 13.0 Å². The third-order valence-electron chi connectivity index (χ3n) is 2.07. The van der Waals surface area contributed by atoms with Crippen LogP contribution < -0.4 is 10.5 Å². The molecule has 0 aliphatic carbocycles. The maximum atomic E-state index is 12.1. The quantitative estimate of drug-likeness (QED) is 0.675. The first-order chi connectivity index (χ1) is 9.17. The molecule has 0 saturated carbocycles. The highest BCUT2D eigenvalue weighted by molar-refractivity contribution is 6.40. The van der Waals surface area contributed by atoms with Gasteiger partial charge in [0.15, 0.2) is 12.4 Å². The van der Waals surface area contributed by atoms with E-state index >= 15 is 0 Å². The van der Waals surface area contributed by atoms with E-state index in [0.717, 1.165) is 6.07 Å². The Morgan fingerprint density at radius 3 is 2.50 bits per heavy atom. The highest BCUT2D eigenvalue weighted by Gasteiger charge is 2.30. The highest BCUT2D eigenvalue weighted by Crippen LogP contribution is 2.40. The van der Waals surface area contributed by atoms with Crippen LogP contribution in [0.3, 0.4) is 0 Å². The number of nitrogens with two attached hydrogens (primary N) is 1. The van der Waals surface area contributed by atoms with Crippen LogP contribution in [0.4, 0.5) is 18.9 Å². The molecule has 0 aromatic heterocycles. The van der Waals surface area contributed by atoms with Gasteiger partial charge in [0, 0.05) is 5.69 Å². The summed E-state index contributed by atoms with van der Waals surface area (Å²) in [6.45, 7) is 0.00751. The lowest BCUT2D eigenvalue weighted by molar-refractivity contribution is -0.153. The number of esters is 1. The average Bonchev–Trinajstić information content (AvgIpc) is 2.26. The van der Waals surface area contributed by atoms with Gasteiger partial charge in [-0.1, -0.05) is 23.2 Å². The molecule has 0 saturated heterocycles. The number of rotatable bonds is 4. The summed E-state index contributed by atoms with van der Waals surface area (Å²) in [5.74, 6) is -1.34. The maximum absolute atomic E-state index is 12.1. The van der Waals surface area contributed by atoms with Gasteiger partial charge in [0.2, 0.25) is 0 Å². The normalized spacial score (nSPS) is 11.3. The molecule has 0 atom stereocenters. The fourth-order valence-electron chi connectivity index (χ4n) is 1.32. The van der Waals surface area contributed by atoms with Crippen LogP contribution in [-0.4, -0.2) is 25.4 Å². The third kappa shape index (κ3) is 4.08. The van der Waals surface area contributed by atoms with Crippen molar-refractivity contribution in [3.63, 3.8) is 0 Å². The lowest BCUT2D eigenvalue weighted by Crippen LogP contribution is -2.20. The molecule has 0 spiro atoms. The Bertz CT molecular complexity index is 521. The number of ether oxygens (including phenoxy) is 2. The van der Waals surface area contributed by atoms with Crippen LogP contribution in [0.1, 0.15) is 17.3 Å². The monoisotopic (exact) mass is 331 g/mol. The number of hydrogen-bond donors (Lipinski definition) is 1. The fourth-order valence-corrected chi connectivity index (χ4v) is 1.97. The average molecular weight is 332 g/mol. The largest absolute Gasteiger partial charge is 0.481 e. The Hall–Kier alpha value is -1.34. The van der Waals surface area contributed by atoms with E-state index in [4.69, 9.17) is 33.7 Å². The van der Waals surface area contributed by atoms with Crippen LogP contribution in [0.2, 0.25) is 10.0 Å². The van der Waals surface area contributed by atoms with E-state index in [-0.39, 0.29) is 22.9 Å². The number of halogens is 5. The van der Waals surface area contributed by atoms with Crippen LogP contribution in [0.15, 0.2) is 6.07 Å². The second-order valence-electron chi connectivity index (χ2n) is 3.59. The summed E-state index contributed by atoms with van der Waals surface area (Å²) < 4.78 is 45.6. The Morgan fingerprint density at radius 2 is 2.00 bits per heavy atom. The molecule has 0 aliphatic rings. The predicted octanol–water partition coefficient (Wildman–Crippen LogP) is 3.69. The van der Waals surface area contributed by atoms with Gasteiger partial charge in [0.25, 0.3) is 0 Å². The van der Waals surface area contributed by atoms with E-state index in [1.54, 1.807) is 6.92 Å². The van der Waals surface area contributed by atoms with Crippen LogP contribution in [0.25, 0.3) is 0 Å². The minimum absolute atomic E-state index is 0.0516. The van der Waals surface area contributed by atoms with Crippen molar-refractivity contribution in [3.05, 3.63) is 21.7 Å². The highest BCUT2D eigenvalue weighted by atomic mass is 35.5. The second-order valence-corrected chi connectivity index (χ2v) is 4.38. The van der Waals surface area contributed by atoms with Gasteiger partial charge in [-0.2, -0.15) is 13.2 Å². The van der Waals surface area contributed by atoms with E-state index in [0.29, 0.717) is 0 Å². The molecular formula is C11H10Cl2F3NO3. The van der Waals surface area contributed by atoms with Crippen molar-refractivity contribution >= 4 is 34.9 Å². The minimum Gasteiger partial charge on any atom is -0.481 e. The first-order valence-corrected chi connectivity index (χ1v) is 6.07. The standard InChI is InChI=1S/C11H10Cl2F3NO3/c1-2-19-10(18)7-6(17)3-5(12)9(8(7)13)20-4-11(14,15)16/h3H,2,4,17H2,1H3. The molecule has 1 aromatic rings. The Labute approximate surface area is 122 Å². The predicted molar refractivity (Wildman–Crippen MR) is 68.4 cm³/mol. The van der Waals surface area contributed by atoms with E-state index < -0.39 is 29.5 Å². The van der Waals surface area contributed by atoms with E-state index in [2.05, 4.69) is 4.74 Å². The molecule has 0 amide bonds. The minimum atomic E-state index is -4.57. The zero-order valence-corrected chi connectivity index (χ0v) is 11.7. The second kappa shape index (κ2) is 6.41. The van der Waals surface area contributed by atoms with Gasteiger partial charge in [0.1, 0.15) is 10.6 Å². The zero-order valence-electron chi connectivity index (χ0n) is 10.2. The molecule has 20 heavy (non-hydrogen) atoms. The van der Waals surface area contributed by atoms with Crippen LogP contribution in [0.5, 0.6) is 5.75 Å². The topological polar surface area (TPSA) is 61.5 Å². The van der Waals surface area contributed by atoms with Gasteiger partial charge >= 0.3 is 12.1 Å². The van der Waals surface area contributed by atoms with Crippen molar-refractivity contribution < 1.29 is 27.4 Å². The first-order valence-electron chi connectivity index (χ1n) is 5.31. The molecule has 0 radical (unpaired) electrons. The van der Waals surface area contributed by atoms with E-state index in [9.17, 15) is 18.0 Å². The summed E-state index contributed by atoms with van der Waals surface area (Å²) in [4.78, 5) is 11.6. The van der Waals surface area contributed by atoms with Gasteiger partial charge in [0.05, 0.1) is 11.6 Å². The summed E-state index contributed by atoms with van der Waals surface area (Å²) in [6, 6.07) is 1.07. The number of anilines is 1. The molecule has 9 heteroatoms. The smallest absolute Gasteiger partial charge is 0.422 e. The van der Waals surface area contributed by atoms with Crippen molar-refractivity contribution in [2.45, 2.75) is 13.1 Å².